The minimum Gasteiger partial charge on any atom is -0.351 e. The van der Waals surface area contributed by atoms with E-state index in [1.165, 1.54) is 0 Å². The van der Waals surface area contributed by atoms with Crippen LogP contribution in [-0.4, -0.2) is 18.4 Å². The van der Waals surface area contributed by atoms with E-state index in [1.54, 1.807) is 18.2 Å². The lowest BCUT2D eigenvalue weighted by Gasteiger charge is -2.19. The van der Waals surface area contributed by atoms with E-state index in [2.05, 4.69) is 38.3 Å². The first-order chi connectivity index (χ1) is 13.3. The Morgan fingerprint density at radius 3 is 2.18 bits per heavy atom. The van der Waals surface area contributed by atoms with Gasteiger partial charge < -0.3 is 10.6 Å². The molecule has 4 heteroatoms. The van der Waals surface area contributed by atoms with Crippen molar-refractivity contribution in [1.82, 2.24) is 10.6 Å². The van der Waals surface area contributed by atoms with Crippen LogP contribution in [0.25, 0.3) is 6.08 Å². The monoisotopic (exact) mass is 378 g/mol. The maximum Gasteiger partial charge on any atom is 0.267 e. The summed E-state index contributed by atoms with van der Waals surface area (Å²) in [6.45, 7) is 9.03. The average molecular weight is 379 g/mol. The van der Waals surface area contributed by atoms with Crippen molar-refractivity contribution in [2.75, 3.05) is 6.54 Å². The van der Waals surface area contributed by atoms with E-state index in [4.69, 9.17) is 0 Å². The van der Waals surface area contributed by atoms with Gasteiger partial charge in [0.2, 0.25) is 0 Å². The van der Waals surface area contributed by atoms with Gasteiger partial charge in [0, 0.05) is 12.1 Å². The quantitative estimate of drug-likeness (QED) is 0.543. The molecule has 0 aliphatic heterocycles. The molecule has 148 valence electrons. The highest BCUT2D eigenvalue weighted by molar-refractivity contribution is 6.05. The summed E-state index contributed by atoms with van der Waals surface area (Å²) in [5, 5.41) is 5.64. The predicted octanol–water partition coefficient (Wildman–Crippen LogP) is 4.67. The third kappa shape index (κ3) is 6.38. The molecule has 0 aliphatic rings. The third-order valence-corrected chi connectivity index (χ3v) is 4.43. The number of hydrogen-bond acceptors (Lipinski definition) is 2. The molecule has 0 unspecified atom stereocenters. The number of rotatable bonds is 7. The molecule has 0 atom stereocenters. The molecule has 2 rings (SSSR count). The van der Waals surface area contributed by atoms with Crippen LogP contribution in [0.1, 0.15) is 62.0 Å². The number of benzene rings is 2. The number of hydrogen-bond donors (Lipinski definition) is 2. The maximum atomic E-state index is 12.7. The van der Waals surface area contributed by atoms with Crippen LogP contribution >= 0.6 is 0 Å². The van der Waals surface area contributed by atoms with Crippen LogP contribution < -0.4 is 10.6 Å². The summed E-state index contributed by atoms with van der Waals surface area (Å²) in [5.74, 6) is -0.578. The van der Waals surface area contributed by atoms with Gasteiger partial charge >= 0.3 is 0 Å². The zero-order chi connectivity index (χ0) is 20.6. The van der Waals surface area contributed by atoms with Gasteiger partial charge in [-0.25, -0.2) is 0 Å². The Kier molecular flexibility index (Phi) is 7.56. The van der Waals surface area contributed by atoms with E-state index in [-0.39, 0.29) is 22.9 Å². The molecule has 0 spiro atoms. The zero-order valence-corrected chi connectivity index (χ0v) is 17.2. The fraction of sp³-hybridized carbons (Fsp3) is 0.333. The Hall–Kier alpha value is -2.88. The fourth-order valence-electron chi connectivity index (χ4n) is 2.66. The van der Waals surface area contributed by atoms with Crippen LogP contribution in [0.3, 0.4) is 0 Å². The molecule has 0 aromatic heterocycles. The van der Waals surface area contributed by atoms with Crippen molar-refractivity contribution < 1.29 is 9.59 Å². The van der Waals surface area contributed by atoms with Gasteiger partial charge in [0.25, 0.3) is 11.8 Å². The van der Waals surface area contributed by atoms with Crippen molar-refractivity contribution in [2.24, 2.45) is 0 Å². The van der Waals surface area contributed by atoms with Gasteiger partial charge in [-0.05, 0) is 41.2 Å². The second-order valence-corrected chi connectivity index (χ2v) is 7.86. The molecule has 4 nitrogen and oxygen atoms in total. The highest BCUT2D eigenvalue weighted by Crippen LogP contribution is 2.22. The maximum absolute atomic E-state index is 12.7. The van der Waals surface area contributed by atoms with Gasteiger partial charge in [0.05, 0.1) is 0 Å². The molecule has 2 N–H and O–H groups in total. The average Bonchev–Trinajstić information content (AvgIpc) is 2.67. The summed E-state index contributed by atoms with van der Waals surface area (Å²) in [7, 11) is 0. The Bertz CT molecular complexity index is 816. The highest BCUT2D eigenvalue weighted by atomic mass is 16.2. The van der Waals surface area contributed by atoms with Crippen LogP contribution in [-0.2, 0) is 10.2 Å². The van der Waals surface area contributed by atoms with Crippen LogP contribution in [0.4, 0.5) is 0 Å². The second-order valence-electron chi connectivity index (χ2n) is 7.86. The van der Waals surface area contributed by atoms with Crippen LogP contribution in [0.5, 0.6) is 0 Å². The van der Waals surface area contributed by atoms with E-state index in [0.29, 0.717) is 12.1 Å². The molecule has 28 heavy (non-hydrogen) atoms. The summed E-state index contributed by atoms with van der Waals surface area (Å²) < 4.78 is 0. The largest absolute Gasteiger partial charge is 0.351 e. The van der Waals surface area contributed by atoms with Gasteiger partial charge in [-0.3, -0.25) is 9.59 Å². The standard InChI is InChI=1S/C24H30N2O2/c1-5-6-16-25-23(28)21(17-18-10-8-7-9-11-18)26-22(27)19-12-14-20(15-13-19)24(2,3)4/h7-15,17H,5-6,16H2,1-4H3,(H,25,28)(H,26,27). The third-order valence-electron chi connectivity index (χ3n) is 4.43. The molecule has 2 aromatic carbocycles. The summed E-state index contributed by atoms with van der Waals surface area (Å²) in [6, 6.07) is 17.0. The van der Waals surface area contributed by atoms with Gasteiger partial charge in [0.1, 0.15) is 5.70 Å². The molecule has 0 fully saturated rings. The molecule has 0 radical (unpaired) electrons. The summed E-state index contributed by atoms with van der Waals surface area (Å²) in [4.78, 5) is 25.3. The summed E-state index contributed by atoms with van der Waals surface area (Å²) in [6.07, 6.45) is 3.58. The fourth-order valence-corrected chi connectivity index (χ4v) is 2.66. The molecule has 0 aliphatic carbocycles. The molecule has 2 amide bonds. The van der Waals surface area contributed by atoms with Crippen LogP contribution in [0, 0.1) is 0 Å². The van der Waals surface area contributed by atoms with E-state index < -0.39 is 0 Å². The van der Waals surface area contributed by atoms with E-state index in [1.807, 2.05) is 42.5 Å². The van der Waals surface area contributed by atoms with E-state index in [9.17, 15) is 9.59 Å². The van der Waals surface area contributed by atoms with Crippen LogP contribution in [0.2, 0.25) is 0 Å². The SMILES string of the molecule is CCCCNC(=O)C(=Cc1ccccc1)NC(=O)c1ccc(C(C)(C)C)cc1. The Morgan fingerprint density at radius 2 is 1.61 bits per heavy atom. The van der Waals surface area contributed by atoms with Crippen molar-refractivity contribution in [1.29, 1.82) is 0 Å². The molecular formula is C24H30N2O2. The van der Waals surface area contributed by atoms with Gasteiger partial charge in [-0.2, -0.15) is 0 Å². The molecule has 0 saturated heterocycles. The van der Waals surface area contributed by atoms with Gasteiger partial charge in [-0.1, -0.05) is 76.6 Å². The lowest BCUT2D eigenvalue weighted by Crippen LogP contribution is -2.35. The lowest BCUT2D eigenvalue weighted by atomic mass is 9.87. The second kappa shape index (κ2) is 9.88. The lowest BCUT2D eigenvalue weighted by molar-refractivity contribution is -0.117. The molecule has 0 saturated carbocycles. The first-order valence-electron chi connectivity index (χ1n) is 9.78. The molecule has 2 aromatic rings. The van der Waals surface area contributed by atoms with Crippen molar-refractivity contribution in [3.63, 3.8) is 0 Å². The minimum absolute atomic E-state index is 0.0204. The van der Waals surface area contributed by atoms with Gasteiger partial charge in [-0.15, -0.1) is 0 Å². The Labute approximate surface area is 168 Å². The first-order valence-corrected chi connectivity index (χ1v) is 9.78. The van der Waals surface area contributed by atoms with Crippen molar-refractivity contribution >= 4 is 17.9 Å². The number of carbonyl (C=O) groups excluding carboxylic acids is 2. The minimum atomic E-state index is -0.298. The number of amides is 2. The van der Waals surface area contributed by atoms with E-state index >= 15 is 0 Å². The Morgan fingerprint density at radius 1 is 0.964 bits per heavy atom. The molecular weight excluding hydrogens is 348 g/mol. The van der Waals surface area contributed by atoms with Crippen LogP contribution in [0.15, 0.2) is 60.3 Å². The van der Waals surface area contributed by atoms with Crippen molar-refractivity contribution in [3.8, 4) is 0 Å². The smallest absolute Gasteiger partial charge is 0.267 e. The first kappa shape index (κ1) is 21.4. The van der Waals surface area contributed by atoms with Crippen molar-refractivity contribution in [2.45, 2.75) is 46.0 Å². The Balaban J connectivity index is 2.20. The topological polar surface area (TPSA) is 58.2 Å². The van der Waals surface area contributed by atoms with E-state index in [0.717, 1.165) is 24.0 Å². The summed E-state index contributed by atoms with van der Waals surface area (Å²) >= 11 is 0. The van der Waals surface area contributed by atoms with Crippen molar-refractivity contribution in [3.05, 3.63) is 77.0 Å². The van der Waals surface area contributed by atoms with Gasteiger partial charge in [0.15, 0.2) is 0 Å². The normalized spacial score (nSPS) is 11.8. The summed E-state index contributed by atoms with van der Waals surface area (Å²) in [5.41, 5.74) is 2.79. The zero-order valence-electron chi connectivity index (χ0n) is 17.2. The number of unbranched alkanes of at least 4 members (excludes halogenated alkanes) is 1. The number of nitrogens with one attached hydrogen (secondary N) is 2. The highest BCUT2D eigenvalue weighted by Gasteiger charge is 2.17. The predicted molar refractivity (Wildman–Crippen MR) is 115 cm³/mol. The molecule has 0 bridgehead atoms. The number of carbonyl (C=O) groups is 2. The molecule has 0 heterocycles.